The van der Waals surface area contributed by atoms with Crippen molar-refractivity contribution >= 4 is 124 Å². The van der Waals surface area contributed by atoms with Gasteiger partial charge in [-0.2, -0.15) is 0 Å². The number of aromatic nitrogens is 2. The molecule has 0 saturated heterocycles. The van der Waals surface area contributed by atoms with Gasteiger partial charge in [0.2, 0.25) is 112 Å². The van der Waals surface area contributed by atoms with Crippen LogP contribution in [0.25, 0.3) is 0 Å². The van der Waals surface area contributed by atoms with Gasteiger partial charge in [-0.15, -0.1) is 0 Å². The van der Waals surface area contributed by atoms with Crippen molar-refractivity contribution in [1.82, 2.24) is 100 Å². The number of carbonyl (C=O) groups is 19. The minimum Gasteiger partial charge on any atom is -0.508 e. The lowest BCUT2D eigenvalue weighted by Crippen LogP contribution is -2.62. The standard InChI is InChI=1S/C84H143N29O23/c1-9-12-18-48(86)68(122)110-60(39-115)80(134)111-61(40-116)79(133)104-54(32-42(4)5)74(128)102-52(22-17-31-97-84(93)94)70(124)101-51(21-16-30-96-83(91)92)71(125)103-53(27-28-62(87)118)73(127)99-49(19-13-10-2)69(123)100-50(20-14-15-29-85)72(126)106-58(36-64(89)120)78(132)113-66(44(8)11-3)82(136)112-65(43(6)7)81(135)108-56(34-46-37-95-41-98-46)76(130)107-57(35-63(88)119)77(131)105-55(33-45-23-25-47(117)26-24-45)75(129)109-59(38-114)67(90)121/h23-26,37,41-44,48-61,65-66,114-117H,9-22,27-36,38-40,85-86H2,1-8H3,(H2,87,118)(H2,88,119)(H2,89,120)(H2,90,121)(H,95,98)(H,99,127)(H,100,123)(H,101,124)(H,102,128)(H,103,125)(H,104,133)(H,105,131)(H,106,126)(H,107,130)(H,108,135)(H,109,129)(H,110,122)(H,111,134)(H,112,136)(H,113,132)(H4,91,92,96)(H4,93,94,97)/t44-,48-,49-,50-,51-,52-,53-,54-,55-,56-,57-,58-,59-,60-,61-,65-,66-/m0/s1. The molecule has 0 aliphatic rings. The third-order valence-electron chi connectivity index (χ3n) is 21.4. The van der Waals surface area contributed by atoms with Crippen molar-refractivity contribution in [3.05, 3.63) is 48.0 Å². The minimum atomic E-state index is -1.91. The Kier molecular flexibility index (Phi) is 54.8. The summed E-state index contributed by atoms with van der Waals surface area (Å²) in [5.41, 5.74) is 45.6. The van der Waals surface area contributed by atoms with Crippen LogP contribution >= 0.6 is 0 Å². The Hall–Kier alpha value is -13.5. The minimum absolute atomic E-state index is 0.00177. The Morgan fingerprint density at radius 3 is 1.15 bits per heavy atom. The van der Waals surface area contributed by atoms with Crippen LogP contribution in [0.4, 0.5) is 0 Å². The predicted octanol–water partition coefficient (Wildman–Crippen LogP) is -10.2. The van der Waals surface area contributed by atoms with E-state index in [1.165, 1.54) is 57.6 Å². The van der Waals surface area contributed by atoms with E-state index in [1.54, 1.807) is 27.7 Å². The summed E-state index contributed by atoms with van der Waals surface area (Å²) >= 11 is 0. The van der Waals surface area contributed by atoms with E-state index < -0.39 is 285 Å². The van der Waals surface area contributed by atoms with Crippen LogP contribution in [0.3, 0.4) is 0 Å². The van der Waals surface area contributed by atoms with Gasteiger partial charge in [0.05, 0.1) is 45.0 Å². The number of nitrogens with one attached hydrogen (secondary N) is 20. The SMILES string of the molecule is CCCC[C@H](NC(=O)[C@H](CCC(N)=O)NC(=O)[C@H](CCCNC(=N)N)NC(=O)[C@H](CCCNC(=N)N)NC(=O)[C@H](CC(C)C)NC(=O)[C@H](CO)NC(=O)[C@H](CO)NC(=O)[C@@H](N)CCCC)C(=O)N[C@@H](CCCCN)C(=O)N[C@@H](CC(N)=O)C(=O)N[C@H](C(=O)N[C@H](C(=O)N[C@@H](Cc1cnc[nH]1)C(=O)N[C@@H](CC(N)=O)C(=O)N[C@@H](Cc1ccc(O)cc1)C(=O)N[C@@H](CO)C(N)=O)C(C)C)[C@@H](C)CC. The van der Waals surface area contributed by atoms with Crippen LogP contribution in [0.1, 0.15) is 189 Å². The molecule has 0 saturated carbocycles. The van der Waals surface area contributed by atoms with Crippen LogP contribution in [0.2, 0.25) is 0 Å². The fourth-order valence-electron chi connectivity index (χ4n) is 13.4. The molecule has 2 rings (SSSR count). The van der Waals surface area contributed by atoms with Crippen molar-refractivity contribution in [1.29, 1.82) is 10.8 Å². The average Bonchev–Trinajstić information content (AvgIpc) is 1.04. The first-order valence-corrected chi connectivity index (χ1v) is 45.1. The number of phenolic OH excluding ortho intramolecular Hbond substituents is 1. The van der Waals surface area contributed by atoms with Crippen LogP contribution in [0.15, 0.2) is 36.8 Å². The second-order valence-corrected chi connectivity index (χ2v) is 33.6. The summed E-state index contributed by atoms with van der Waals surface area (Å²) in [7, 11) is 0. The van der Waals surface area contributed by atoms with Crippen LogP contribution in [0.5, 0.6) is 5.75 Å². The Morgan fingerprint density at radius 2 is 0.743 bits per heavy atom. The quantitative estimate of drug-likeness (QED) is 0.0166. The van der Waals surface area contributed by atoms with Gasteiger partial charge in [-0.1, -0.05) is 99.6 Å². The summed E-state index contributed by atoms with van der Waals surface area (Å²) in [5.74, 6) is -23.5. The van der Waals surface area contributed by atoms with Crippen LogP contribution < -0.4 is 136 Å². The van der Waals surface area contributed by atoms with Crippen molar-refractivity contribution in [3.8, 4) is 5.75 Å². The molecule has 0 spiro atoms. The maximum absolute atomic E-state index is 14.8. The molecule has 1 heterocycles. The summed E-state index contributed by atoms with van der Waals surface area (Å²) in [6.07, 6.45) is 0.448. The van der Waals surface area contributed by atoms with Crippen molar-refractivity contribution in [3.63, 3.8) is 0 Å². The maximum Gasteiger partial charge on any atom is 0.245 e. The fourth-order valence-corrected chi connectivity index (χ4v) is 13.4. The van der Waals surface area contributed by atoms with Crippen LogP contribution in [-0.2, 0) is 104 Å². The molecule has 1 aromatic carbocycles. The van der Waals surface area contributed by atoms with Crippen LogP contribution in [0, 0.1) is 28.6 Å². The first kappa shape index (κ1) is 119. The molecule has 40 N–H and O–H groups in total. The smallest absolute Gasteiger partial charge is 0.245 e. The van der Waals surface area contributed by atoms with E-state index in [4.69, 9.17) is 56.7 Å². The topological polar surface area (TPSA) is 894 Å². The molecule has 52 nitrogen and oxygen atoms in total. The van der Waals surface area contributed by atoms with Gasteiger partial charge < -0.3 is 162 Å². The molecule has 136 heavy (non-hydrogen) atoms. The van der Waals surface area contributed by atoms with Gasteiger partial charge in [0.15, 0.2) is 11.9 Å². The molecular formula is C84H143N29O23. The first-order valence-electron chi connectivity index (χ1n) is 45.1. The van der Waals surface area contributed by atoms with Gasteiger partial charge in [0, 0.05) is 44.2 Å². The number of phenols is 1. The molecule has 0 aliphatic carbocycles. The normalized spacial score (nSPS) is 14.9. The van der Waals surface area contributed by atoms with Gasteiger partial charge in [0.25, 0.3) is 0 Å². The molecule has 1 aromatic heterocycles. The highest BCUT2D eigenvalue weighted by atomic mass is 16.3. The third kappa shape index (κ3) is 45.0. The van der Waals surface area contributed by atoms with Crippen LogP contribution in [-0.4, -0.2) is 291 Å². The Labute approximate surface area is 787 Å². The molecule has 762 valence electrons. The number of amides is 19. The zero-order valence-electron chi connectivity index (χ0n) is 78.1. The molecule has 19 amide bonds. The zero-order chi connectivity index (χ0) is 103. The summed E-state index contributed by atoms with van der Waals surface area (Å²) < 4.78 is 0. The number of nitrogens with two attached hydrogens (primary N) is 8. The molecule has 0 radical (unpaired) electrons. The molecule has 2 aromatic rings. The highest BCUT2D eigenvalue weighted by Crippen LogP contribution is 2.18. The Balaban J connectivity index is 2.63. The van der Waals surface area contributed by atoms with Gasteiger partial charge in [-0.3, -0.25) is 102 Å². The van der Waals surface area contributed by atoms with E-state index in [2.05, 4.69) is 100 Å². The summed E-state index contributed by atoms with van der Waals surface area (Å²) in [6, 6.07) is -20.7. The Morgan fingerprint density at radius 1 is 0.390 bits per heavy atom. The second-order valence-electron chi connectivity index (χ2n) is 33.6. The summed E-state index contributed by atoms with van der Waals surface area (Å²) in [5, 5.41) is 97.5. The summed E-state index contributed by atoms with van der Waals surface area (Å²) in [6.45, 7) is 10.2. The van der Waals surface area contributed by atoms with E-state index in [-0.39, 0.29) is 120 Å². The maximum atomic E-state index is 14.8. The molecule has 0 aliphatic heterocycles. The zero-order valence-corrected chi connectivity index (χ0v) is 78.1. The monoisotopic (exact) mass is 1930 g/mol. The molecule has 52 heteroatoms. The average molecular weight is 1930 g/mol. The van der Waals surface area contributed by atoms with Crippen molar-refractivity contribution in [2.45, 2.75) is 287 Å². The lowest BCUT2D eigenvalue weighted by molar-refractivity contribution is -0.137. The largest absolute Gasteiger partial charge is 0.508 e. The third-order valence-corrected chi connectivity index (χ3v) is 21.4. The van der Waals surface area contributed by atoms with Crippen molar-refractivity contribution in [2.24, 2.45) is 63.6 Å². The molecule has 17 atom stereocenters. The highest BCUT2D eigenvalue weighted by Gasteiger charge is 2.41. The number of aliphatic hydroxyl groups excluding tert-OH is 3. The number of carbonyl (C=O) groups excluding carboxylic acids is 19. The number of aromatic amines is 1. The second kappa shape index (κ2) is 62.9. The van der Waals surface area contributed by atoms with E-state index in [0.717, 1.165) is 0 Å². The molecular weight excluding hydrogens is 1780 g/mol. The first-order chi connectivity index (χ1) is 64.2. The number of hydrogen-bond acceptors (Lipinski definition) is 28. The fraction of sp³-hybridized carbons (Fsp3) is 0.643. The molecule has 0 bridgehead atoms. The number of imidazole rings is 1. The molecule has 0 fully saturated rings. The summed E-state index contributed by atoms with van der Waals surface area (Å²) in [4.78, 5) is 271. The van der Waals surface area contributed by atoms with Gasteiger partial charge in [-0.25, -0.2) is 4.98 Å². The molecule has 0 unspecified atom stereocenters. The number of nitrogens with zero attached hydrogens (tertiary/aromatic N) is 1. The highest BCUT2D eigenvalue weighted by molar-refractivity contribution is 6.02. The number of rotatable bonds is 68. The van der Waals surface area contributed by atoms with Gasteiger partial charge in [-0.05, 0) is 113 Å². The number of primary amides is 4. The number of H-pyrrole nitrogens is 1. The van der Waals surface area contributed by atoms with Crippen molar-refractivity contribution < 1.29 is 112 Å². The van der Waals surface area contributed by atoms with E-state index in [1.807, 2.05) is 6.92 Å². The van der Waals surface area contributed by atoms with Gasteiger partial charge in [0.1, 0.15) is 96.4 Å². The lowest BCUT2D eigenvalue weighted by Gasteiger charge is -2.30. The number of aliphatic hydroxyl groups is 3. The van der Waals surface area contributed by atoms with E-state index >= 15 is 0 Å². The van der Waals surface area contributed by atoms with Crippen molar-refractivity contribution in [2.75, 3.05) is 39.5 Å². The van der Waals surface area contributed by atoms with Gasteiger partial charge >= 0.3 is 0 Å². The number of benzene rings is 1. The van der Waals surface area contributed by atoms with E-state index in [0.29, 0.717) is 24.8 Å². The number of unbranched alkanes of at least 4 members (excludes halogenated alkanes) is 3. The lowest BCUT2D eigenvalue weighted by atomic mass is 9.95. The predicted molar refractivity (Wildman–Crippen MR) is 492 cm³/mol. The van der Waals surface area contributed by atoms with E-state index in [9.17, 15) is 112 Å². The number of hydrogen-bond donors (Lipinski definition) is 32. The number of guanidine groups is 2. The number of aromatic hydroxyl groups is 1. The Bertz CT molecular complexity index is 4300.